The van der Waals surface area contributed by atoms with Gasteiger partial charge in [0.25, 0.3) is 0 Å². The van der Waals surface area contributed by atoms with Gasteiger partial charge in [-0.05, 0) is 68.5 Å². The summed E-state index contributed by atoms with van der Waals surface area (Å²) in [6.07, 6.45) is 12.9. The zero-order valence-corrected chi connectivity index (χ0v) is 24.9. The predicted molar refractivity (Wildman–Crippen MR) is 165 cm³/mol. The first-order chi connectivity index (χ1) is 19.3. The molecule has 5 rings (SSSR count). The van der Waals surface area contributed by atoms with Crippen molar-refractivity contribution in [2.75, 3.05) is 25.5 Å². The van der Waals surface area contributed by atoms with Gasteiger partial charge >= 0.3 is 0 Å². The second-order valence-electron chi connectivity index (χ2n) is 11.8. The molecule has 2 aromatic carbocycles. The molecule has 7 heteroatoms. The summed E-state index contributed by atoms with van der Waals surface area (Å²) >= 11 is 0. The fourth-order valence-corrected chi connectivity index (χ4v) is 5.21. The minimum Gasteiger partial charge on any atom is -0.361 e. The van der Waals surface area contributed by atoms with E-state index in [0.29, 0.717) is 0 Å². The molecule has 1 aliphatic heterocycles. The molecular formula is C33H47N5O2. The second kappa shape index (κ2) is 15.6. The van der Waals surface area contributed by atoms with Crippen LogP contribution in [0.3, 0.4) is 0 Å². The molecule has 7 nitrogen and oxygen atoms in total. The number of hydrogen-bond donors (Lipinski definition) is 2. The molecule has 0 radical (unpaired) electrons. The molecule has 2 fully saturated rings. The van der Waals surface area contributed by atoms with Crippen LogP contribution in [0.25, 0.3) is 10.9 Å². The number of aldehydes is 2. The molecule has 2 unspecified atom stereocenters. The van der Waals surface area contributed by atoms with Gasteiger partial charge in [0, 0.05) is 29.7 Å². The molecule has 40 heavy (non-hydrogen) atoms. The Bertz CT molecular complexity index is 1170. The Kier molecular flexibility index (Phi) is 12.2. The van der Waals surface area contributed by atoms with Crippen molar-refractivity contribution in [2.24, 2.45) is 0 Å². The summed E-state index contributed by atoms with van der Waals surface area (Å²) in [5, 5.41) is 15.5. The van der Waals surface area contributed by atoms with Crippen LogP contribution in [-0.2, 0) is 15.0 Å². The number of likely N-dealkylation sites (N-methyl/N-ethyl adjacent to an activating group) is 1. The number of carbonyl (C=O) groups is 2. The van der Waals surface area contributed by atoms with Gasteiger partial charge < -0.3 is 25.1 Å². The molecule has 1 saturated heterocycles. The van der Waals surface area contributed by atoms with Crippen LogP contribution >= 0.6 is 0 Å². The van der Waals surface area contributed by atoms with Gasteiger partial charge in [0.1, 0.15) is 18.6 Å². The van der Waals surface area contributed by atoms with Gasteiger partial charge in [-0.1, -0.05) is 70.4 Å². The highest BCUT2D eigenvalue weighted by Gasteiger charge is 2.21. The number of rotatable bonds is 6. The zero-order valence-electron chi connectivity index (χ0n) is 24.9. The number of aromatic nitrogens is 2. The lowest BCUT2D eigenvalue weighted by atomic mass is 9.87. The first-order valence-electron chi connectivity index (χ1n) is 14.6. The SMILES string of the molecule is CN(c1ccc(C(C)(C)C)cc1)C(C=O)c1cnnc2ccccc12.CNC1CCCCC1.O=CC1CCCN1. The zero-order chi connectivity index (χ0) is 29.0. The van der Waals surface area contributed by atoms with Crippen molar-refractivity contribution in [1.82, 2.24) is 20.8 Å². The number of nitrogens with zero attached hydrogens (tertiary/aromatic N) is 3. The lowest BCUT2D eigenvalue weighted by molar-refractivity contribution is -0.109. The third-order valence-electron chi connectivity index (χ3n) is 7.86. The van der Waals surface area contributed by atoms with Gasteiger partial charge in [0.2, 0.25) is 0 Å². The van der Waals surface area contributed by atoms with E-state index in [0.717, 1.165) is 60.2 Å². The summed E-state index contributed by atoms with van der Waals surface area (Å²) in [4.78, 5) is 23.8. The third kappa shape index (κ3) is 8.93. The van der Waals surface area contributed by atoms with Crippen LogP contribution in [-0.4, -0.2) is 55.5 Å². The summed E-state index contributed by atoms with van der Waals surface area (Å²) in [5.74, 6) is 0. The maximum absolute atomic E-state index is 11.9. The number of fused-ring (bicyclic) bond motifs is 1. The van der Waals surface area contributed by atoms with Crippen LogP contribution in [0.4, 0.5) is 5.69 Å². The van der Waals surface area contributed by atoms with Gasteiger partial charge in [0.15, 0.2) is 0 Å². The molecule has 2 N–H and O–H groups in total. The maximum atomic E-state index is 11.9. The Balaban J connectivity index is 0.000000238. The Morgan fingerprint density at radius 2 is 1.68 bits per heavy atom. The van der Waals surface area contributed by atoms with Gasteiger partial charge in [-0.3, -0.25) is 0 Å². The van der Waals surface area contributed by atoms with Gasteiger partial charge in [-0.15, -0.1) is 0 Å². The highest BCUT2D eigenvalue weighted by Crippen LogP contribution is 2.30. The van der Waals surface area contributed by atoms with Crippen molar-refractivity contribution < 1.29 is 9.59 Å². The highest BCUT2D eigenvalue weighted by molar-refractivity contribution is 5.86. The monoisotopic (exact) mass is 545 g/mol. The second-order valence-corrected chi connectivity index (χ2v) is 11.8. The largest absolute Gasteiger partial charge is 0.361 e. The van der Waals surface area contributed by atoms with E-state index in [9.17, 15) is 9.59 Å². The Morgan fingerprint density at radius 3 is 2.20 bits per heavy atom. The summed E-state index contributed by atoms with van der Waals surface area (Å²) < 4.78 is 0. The molecular weight excluding hydrogens is 498 g/mol. The Hall–Kier alpha value is -3.16. The minimum atomic E-state index is -0.416. The van der Waals surface area contributed by atoms with Crippen molar-refractivity contribution in [1.29, 1.82) is 0 Å². The van der Waals surface area contributed by atoms with E-state index in [4.69, 9.17) is 0 Å². The average Bonchev–Trinajstić information content (AvgIpc) is 3.53. The quantitative estimate of drug-likeness (QED) is 0.380. The molecule has 3 aromatic rings. The standard InChI is InChI=1S/C21H23N3O.C7H15N.C5H9NO/c1-21(2,3)15-9-11-16(12-10-15)24(4)20(14-25)18-13-22-23-19-8-6-5-7-17(18)19;1-8-7-5-3-2-4-6-7;7-4-5-2-1-3-6-5/h5-14,20H,1-4H3;7-8H,2-6H2,1H3;4-6H,1-3H2. The molecule has 1 aromatic heterocycles. The van der Waals surface area contributed by atoms with E-state index >= 15 is 0 Å². The van der Waals surface area contributed by atoms with Crippen molar-refractivity contribution in [3.05, 3.63) is 65.9 Å². The first-order valence-corrected chi connectivity index (χ1v) is 14.6. The third-order valence-corrected chi connectivity index (χ3v) is 7.86. The number of benzene rings is 2. The fourth-order valence-electron chi connectivity index (χ4n) is 5.21. The molecule has 1 aliphatic carbocycles. The van der Waals surface area contributed by atoms with Crippen molar-refractivity contribution >= 4 is 29.2 Å². The molecule has 0 bridgehead atoms. The first kappa shape index (κ1) is 31.4. The topological polar surface area (TPSA) is 87.2 Å². The summed E-state index contributed by atoms with van der Waals surface area (Å²) in [7, 11) is 4.00. The van der Waals surface area contributed by atoms with Crippen molar-refractivity contribution in [3.8, 4) is 0 Å². The normalized spacial score (nSPS) is 18.1. The Morgan fingerprint density at radius 1 is 0.975 bits per heavy atom. The minimum absolute atomic E-state index is 0.104. The lowest BCUT2D eigenvalue weighted by Crippen LogP contribution is -2.26. The smallest absolute Gasteiger partial charge is 0.147 e. The van der Waals surface area contributed by atoms with Gasteiger partial charge in [-0.2, -0.15) is 10.2 Å². The van der Waals surface area contributed by atoms with E-state index in [1.807, 2.05) is 36.2 Å². The molecule has 0 amide bonds. The summed E-state index contributed by atoms with van der Waals surface area (Å²) in [6.45, 7) is 7.58. The van der Waals surface area contributed by atoms with Gasteiger partial charge in [0.05, 0.1) is 17.8 Å². The van der Waals surface area contributed by atoms with E-state index in [1.165, 1.54) is 37.7 Å². The molecule has 216 valence electrons. The molecule has 0 spiro atoms. The maximum Gasteiger partial charge on any atom is 0.147 e. The lowest BCUT2D eigenvalue weighted by Gasteiger charge is -2.28. The van der Waals surface area contributed by atoms with Crippen molar-refractivity contribution in [2.45, 2.75) is 89.3 Å². The predicted octanol–water partition coefficient (Wildman–Crippen LogP) is 5.78. The molecule has 2 aliphatic rings. The van der Waals surface area contributed by atoms with E-state index in [2.05, 4.69) is 72.9 Å². The van der Waals surface area contributed by atoms with Crippen LogP contribution in [0.2, 0.25) is 0 Å². The van der Waals surface area contributed by atoms with Crippen LogP contribution < -0.4 is 15.5 Å². The number of nitrogens with one attached hydrogen (secondary N) is 2. The van der Waals surface area contributed by atoms with E-state index in [-0.39, 0.29) is 11.5 Å². The fraction of sp³-hybridized carbons (Fsp3) is 0.515. The Labute approximate surface area is 240 Å². The van der Waals surface area contributed by atoms with E-state index < -0.39 is 6.04 Å². The summed E-state index contributed by atoms with van der Waals surface area (Å²) in [5.41, 5.74) is 4.02. The number of anilines is 1. The van der Waals surface area contributed by atoms with E-state index in [1.54, 1.807) is 6.20 Å². The van der Waals surface area contributed by atoms with Crippen LogP contribution in [0.15, 0.2) is 54.7 Å². The van der Waals surface area contributed by atoms with Crippen LogP contribution in [0.5, 0.6) is 0 Å². The highest BCUT2D eigenvalue weighted by atomic mass is 16.1. The van der Waals surface area contributed by atoms with Crippen molar-refractivity contribution in [3.63, 3.8) is 0 Å². The number of carbonyl (C=O) groups excluding carboxylic acids is 2. The number of hydrogen-bond acceptors (Lipinski definition) is 7. The average molecular weight is 546 g/mol. The van der Waals surface area contributed by atoms with Crippen LogP contribution in [0.1, 0.15) is 82.9 Å². The summed E-state index contributed by atoms with van der Waals surface area (Å²) in [6, 6.07) is 16.7. The molecule has 2 heterocycles. The van der Waals surface area contributed by atoms with Gasteiger partial charge in [-0.25, -0.2) is 0 Å². The van der Waals surface area contributed by atoms with Crippen LogP contribution in [0, 0.1) is 0 Å². The molecule has 2 atom stereocenters. The molecule has 1 saturated carbocycles.